The monoisotopic (exact) mass is 395 g/mol. The van der Waals surface area contributed by atoms with Gasteiger partial charge in [0, 0.05) is 23.4 Å². The zero-order valence-corrected chi connectivity index (χ0v) is 16.4. The molecule has 0 unspecified atom stereocenters. The molecule has 142 valence electrons. The van der Waals surface area contributed by atoms with E-state index in [0.717, 1.165) is 22.6 Å². The summed E-state index contributed by atoms with van der Waals surface area (Å²) in [4.78, 5) is 17.2. The van der Waals surface area contributed by atoms with E-state index in [4.69, 9.17) is 4.74 Å². The van der Waals surface area contributed by atoms with Gasteiger partial charge >= 0.3 is 0 Å². The lowest BCUT2D eigenvalue weighted by atomic mass is 10.1. The number of amides is 1. The largest absolute Gasteiger partial charge is 0.496 e. The molecule has 0 saturated heterocycles. The first-order valence-electron chi connectivity index (χ1n) is 8.64. The third kappa shape index (κ3) is 3.14. The zero-order chi connectivity index (χ0) is 19.8. The summed E-state index contributed by atoms with van der Waals surface area (Å²) in [5.41, 5.74) is 3.71. The molecule has 7 heteroatoms. The van der Waals surface area contributed by atoms with Crippen LogP contribution in [0.15, 0.2) is 47.8 Å². The molecule has 0 aliphatic rings. The summed E-state index contributed by atoms with van der Waals surface area (Å²) >= 11 is 1.33. The Labute approximate surface area is 165 Å². The quantitative estimate of drug-likeness (QED) is 0.528. The van der Waals surface area contributed by atoms with Crippen LogP contribution in [-0.2, 0) is 7.05 Å². The maximum Gasteiger partial charge on any atom is 0.274 e. The Balaban J connectivity index is 1.63. The van der Waals surface area contributed by atoms with Crippen molar-refractivity contribution in [1.82, 2.24) is 9.55 Å². The second kappa shape index (κ2) is 7.09. The number of benzene rings is 2. The van der Waals surface area contributed by atoms with E-state index in [1.165, 1.54) is 17.4 Å². The fraction of sp³-hybridized carbons (Fsp3) is 0.143. The van der Waals surface area contributed by atoms with Crippen molar-refractivity contribution >= 4 is 33.3 Å². The van der Waals surface area contributed by atoms with Crippen LogP contribution in [0.5, 0.6) is 5.75 Å². The van der Waals surface area contributed by atoms with Gasteiger partial charge in [-0.3, -0.25) is 10.1 Å². The molecule has 2 aromatic carbocycles. The van der Waals surface area contributed by atoms with E-state index in [0.29, 0.717) is 21.7 Å². The van der Waals surface area contributed by atoms with Crippen molar-refractivity contribution in [3.8, 4) is 17.0 Å². The fourth-order valence-electron chi connectivity index (χ4n) is 3.18. The van der Waals surface area contributed by atoms with Crippen molar-refractivity contribution in [3.63, 3.8) is 0 Å². The number of hydrogen-bond acceptors (Lipinski definition) is 4. The van der Waals surface area contributed by atoms with E-state index in [1.54, 1.807) is 36.9 Å². The van der Waals surface area contributed by atoms with Gasteiger partial charge in [0.15, 0.2) is 5.13 Å². The molecule has 0 saturated carbocycles. The number of methoxy groups -OCH3 is 1. The van der Waals surface area contributed by atoms with Crippen molar-refractivity contribution in [2.75, 3.05) is 12.4 Å². The third-order valence-electron chi connectivity index (χ3n) is 4.62. The molecule has 0 spiro atoms. The van der Waals surface area contributed by atoms with E-state index in [-0.39, 0.29) is 11.7 Å². The number of nitrogens with one attached hydrogen (secondary N) is 1. The number of nitrogens with zero attached hydrogens (tertiary/aromatic N) is 2. The number of fused-ring (bicyclic) bond motifs is 1. The highest BCUT2D eigenvalue weighted by Gasteiger charge is 2.17. The van der Waals surface area contributed by atoms with Gasteiger partial charge in [-0.15, -0.1) is 11.3 Å². The standard InChI is InChI=1S/C21H18FN3O2S/c1-12-7-8-19(27-3)14(9-12)16-11-28-21(23-16)24-20(26)18-10-13-15(22)5-4-6-17(13)25(18)2/h4-11H,1-3H3,(H,23,24,26). The molecule has 5 nitrogen and oxygen atoms in total. The van der Waals surface area contributed by atoms with Gasteiger partial charge in [0.1, 0.15) is 17.3 Å². The van der Waals surface area contributed by atoms with Gasteiger partial charge in [-0.2, -0.15) is 0 Å². The molecule has 4 rings (SSSR count). The number of halogens is 1. The van der Waals surface area contributed by atoms with Crippen LogP contribution in [0.25, 0.3) is 22.2 Å². The lowest BCUT2D eigenvalue weighted by Crippen LogP contribution is -2.15. The predicted octanol–water partition coefficient (Wildman–Crippen LogP) is 5.01. The second-order valence-electron chi connectivity index (χ2n) is 6.46. The Morgan fingerprint density at radius 1 is 1.25 bits per heavy atom. The van der Waals surface area contributed by atoms with Crippen LogP contribution in [-0.4, -0.2) is 22.6 Å². The highest BCUT2D eigenvalue weighted by molar-refractivity contribution is 7.14. The highest BCUT2D eigenvalue weighted by atomic mass is 32.1. The Morgan fingerprint density at radius 3 is 2.82 bits per heavy atom. The van der Waals surface area contributed by atoms with E-state index >= 15 is 0 Å². The van der Waals surface area contributed by atoms with Crippen molar-refractivity contribution in [2.45, 2.75) is 6.92 Å². The summed E-state index contributed by atoms with van der Waals surface area (Å²) in [5.74, 6) is 0.0309. The fourth-order valence-corrected chi connectivity index (χ4v) is 3.89. The summed E-state index contributed by atoms with van der Waals surface area (Å²) in [6.45, 7) is 2.00. The Kier molecular flexibility index (Phi) is 4.60. The second-order valence-corrected chi connectivity index (χ2v) is 7.32. The first-order chi connectivity index (χ1) is 13.5. The van der Waals surface area contributed by atoms with Gasteiger partial charge < -0.3 is 9.30 Å². The number of thiazole rings is 1. The summed E-state index contributed by atoms with van der Waals surface area (Å²) in [5, 5.41) is 5.56. The maximum absolute atomic E-state index is 14.0. The molecule has 28 heavy (non-hydrogen) atoms. The van der Waals surface area contributed by atoms with Crippen LogP contribution in [0, 0.1) is 12.7 Å². The molecule has 0 atom stereocenters. The van der Waals surface area contributed by atoms with Crippen molar-refractivity contribution < 1.29 is 13.9 Å². The van der Waals surface area contributed by atoms with Crippen LogP contribution in [0.2, 0.25) is 0 Å². The van der Waals surface area contributed by atoms with Crippen LogP contribution < -0.4 is 10.1 Å². The number of aryl methyl sites for hydroxylation is 2. The number of ether oxygens (including phenoxy) is 1. The van der Waals surface area contributed by atoms with Crippen LogP contribution >= 0.6 is 11.3 Å². The Bertz CT molecular complexity index is 1200. The number of anilines is 1. The minimum absolute atomic E-state index is 0.338. The molecule has 0 bridgehead atoms. The molecule has 2 aromatic heterocycles. The highest BCUT2D eigenvalue weighted by Crippen LogP contribution is 2.33. The van der Waals surface area contributed by atoms with Crippen LogP contribution in [0.1, 0.15) is 16.1 Å². The molecule has 1 amide bonds. The van der Waals surface area contributed by atoms with Crippen molar-refractivity contribution in [2.24, 2.45) is 7.05 Å². The van der Waals surface area contributed by atoms with Crippen LogP contribution in [0.3, 0.4) is 0 Å². The minimum atomic E-state index is -0.352. The summed E-state index contributed by atoms with van der Waals surface area (Å²) in [6.07, 6.45) is 0. The summed E-state index contributed by atoms with van der Waals surface area (Å²) < 4.78 is 21.1. The average molecular weight is 395 g/mol. The molecule has 0 aliphatic heterocycles. The summed E-state index contributed by atoms with van der Waals surface area (Å²) in [6, 6.07) is 12.2. The van der Waals surface area contributed by atoms with Crippen molar-refractivity contribution in [3.05, 3.63) is 64.9 Å². The molecule has 0 radical (unpaired) electrons. The van der Waals surface area contributed by atoms with E-state index < -0.39 is 0 Å². The molecular weight excluding hydrogens is 377 g/mol. The summed E-state index contributed by atoms with van der Waals surface area (Å²) in [7, 11) is 3.35. The van der Waals surface area contributed by atoms with Gasteiger partial charge in [-0.05, 0) is 37.3 Å². The zero-order valence-electron chi connectivity index (χ0n) is 15.6. The maximum atomic E-state index is 14.0. The minimum Gasteiger partial charge on any atom is -0.496 e. The van der Waals surface area contributed by atoms with Gasteiger partial charge in [0.05, 0.1) is 18.3 Å². The van der Waals surface area contributed by atoms with Gasteiger partial charge in [-0.1, -0.05) is 17.7 Å². The lowest BCUT2D eigenvalue weighted by Gasteiger charge is -2.07. The number of carbonyl (C=O) groups is 1. The Hall–Kier alpha value is -3.19. The number of hydrogen-bond donors (Lipinski definition) is 1. The average Bonchev–Trinajstić information content (AvgIpc) is 3.27. The lowest BCUT2D eigenvalue weighted by molar-refractivity contribution is 0.101. The van der Waals surface area contributed by atoms with E-state index in [1.807, 2.05) is 30.5 Å². The Morgan fingerprint density at radius 2 is 2.07 bits per heavy atom. The van der Waals surface area contributed by atoms with Crippen LogP contribution in [0.4, 0.5) is 9.52 Å². The molecule has 1 N–H and O–H groups in total. The van der Waals surface area contributed by atoms with E-state index in [9.17, 15) is 9.18 Å². The van der Waals surface area contributed by atoms with Gasteiger partial charge in [-0.25, -0.2) is 9.37 Å². The molecule has 0 fully saturated rings. The molecular formula is C21H18FN3O2S. The molecule has 2 heterocycles. The smallest absolute Gasteiger partial charge is 0.274 e. The van der Waals surface area contributed by atoms with E-state index in [2.05, 4.69) is 10.3 Å². The van der Waals surface area contributed by atoms with Crippen molar-refractivity contribution in [1.29, 1.82) is 0 Å². The molecule has 4 aromatic rings. The normalized spacial score (nSPS) is 11.0. The third-order valence-corrected chi connectivity index (χ3v) is 5.38. The SMILES string of the molecule is COc1ccc(C)cc1-c1csc(NC(=O)c2cc3c(F)cccc3n2C)n1. The molecule has 0 aliphatic carbocycles. The first kappa shape index (κ1) is 18.2. The predicted molar refractivity (Wildman–Crippen MR) is 110 cm³/mol. The van der Waals surface area contributed by atoms with Gasteiger partial charge in [0.2, 0.25) is 0 Å². The first-order valence-corrected chi connectivity index (χ1v) is 9.51. The topological polar surface area (TPSA) is 56.1 Å². The number of aromatic nitrogens is 2. The van der Waals surface area contributed by atoms with Gasteiger partial charge in [0.25, 0.3) is 5.91 Å². The number of carbonyl (C=O) groups excluding carboxylic acids is 1. The number of rotatable bonds is 4.